The Bertz CT molecular complexity index is 923. The van der Waals surface area contributed by atoms with Crippen LogP contribution in [0.3, 0.4) is 0 Å². The van der Waals surface area contributed by atoms with Crippen molar-refractivity contribution in [3.05, 3.63) is 48.0 Å². The summed E-state index contributed by atoms with van der Waals surface area (Å²) in [5.74, 6) is 0.498. The van der Waals surface area contributed by atoms with Gasteiger partial charge in [-0.2, -0.15) is 4.31 Å². The van der Waals surface area contributed by atoms with Crippen LogP contribution in [0.1, 0.15) is 26.3 Å². The lowest BCUT2D eigenvalue weighted by molar-refractivity contribution is -0.114. The molecule has 0 aliphatic heterocycles. The highest BCUT2D eigenvalue weighted by Crippen LogP contribution is 2.23. The van der Waals surface area contributed by atoms with Crippen molar-refractivity contribution in [3.8, 4) is 5.75 Å². The van der Waals surface area contributed by atoms with Gasteiger partial charge in [0.25, 0.3) is 0 Å². The molecule has 1 amide bonds. The number of benzene rings is 2. The Hall–Kier alpha value is -2.58. The SMILES string of the molecule is CCOc1ccc(NCC(=O)Nc2ccc(C)c(S(=O)(=O)N(CC)CC)c2)cc1. The Labute approximate surface area is 173 Å². The summed E-state index contributed by atoms with van der Waals surface area (Å²) in [7, 11) is -3.60. The Kier molecular flexibility index (Phi) is 8.04. The molecule has 0 fully saturated rings. The Morgan fingerprint density at radius 3 is 2.21 bits per heavy atom. The Balaban J connectivity index is 2.05. The van der Waals surface area contributed by atoms with Crippen molar-refractivity contribution < 1.29 is 17.9 Å². The van der Waals surface area contributed by atoms with E-state index in [1.54, 1.807) is 32.9 Å². The summed E-state index contributed by atoms with van der Waals surface area (Å²) in [6.07, 6.45) is 0. The van der Waals surface area contributed by atoms with E-state index in [9.17, 15) is 13.2 Å². The van der Waals surface area contributed by atoms with Crippen LogP contribution < -0.4 is 15.4 Å². The number of rotatable bonds is 10. The van der Waals surface area contributed by atoms with E-state index >= 15 is 0 Å². The number of amides is 1. The minimum Gasteiger partial charge on any atom is -0.494 e. The second-order valence-electron chi connectivity index (χ2n) is 6.43. The maximum absolute atomic E-state index is 12.8. The molecule has 8 heteroatoms. The highest BCUT2D eigenvalue weighted by molar-refractivity contribution is 7.89. The molecule has 0 aliphatic carbocycles. The number of nitrogens with zero attached hydrogens (tertiary/aromatic N) is 1. The molecule has 2 aromatic carbocycles. The molecule has 158 valence electrons. The fraction of sp³-hybridized carbons (Fsp3) is 0.381. The molecule has 2 N–H and O–H groups in total. The second kappa shape index (κ2) is 10.3. The van der Waals surface area contributed by atoms with Crippen molar-refractivity contribution in [2.75, 3.05) is 36.9 Å². The van der Waals surface area contributed by atoms with Gasteiger partial charge in [0.05, 0.1) is 18.0 Å². The van der Waals surface area contributed by atoms with E-state index < -0.39 is 10.0 Å². The van der Waals surface area contributed by atoms with Crippen LogP contribution in [0.15, 0.2) is 47.4 Å². The summed E-state index contributed by atoms with van der Waals surface area (Å²) >= 11 is 0. The predicted molar refractivity (Wildman–Crippen MR) is 116 cm³/mol. The molecule has 29 heavy (non-hydrogen) atoms. The molecule has 0 saturated heterocycles. The zero-order valence-corrected chi connectivity index (χ0v) is 18.2. The van der Waals surface area contributed by atoms with Crippen LogP contribution in [0.4, 0.5) is 11.4 Å². The van der Waals surface area contributed by atoms with E-state index in [1.807, 2.05) is 31.2 Å². The molecular weight excluding hydrogens is 390 g/mol. The van der Waals surface area contributed by atoms with Gasteiger partial charge < -0.3 is 15.4 Å². The Morgan fingerprint density at radius 1 is 1.00 bits per heavy atom. The van der Waals surface area contributed by atoms with Gasteiger partial charge in [-0.3, -0.25) is 4.79 Å². The number of carbonyl (C=O) groups excluding carboxylic acids is 1. The van der Waals surface area contributed by atoms with Crippen LogP contribution in [-0.4, -0.2) is 44.9 Å². The summed E-state index contributed by atoms with van der Waals surface area (Å²) in [5, 5.41) is 5.78. The summed E-state index contributed by atoms with van der Waals surface area (Å²) in [5.41, 5.74) is 1.87. The number of ether oxygens (including phenoxy) is 1. The average Bonchev–Trinajstić information content (AvgIpc) is 2.70. The third-order valence-electron chi connectivity index (χ3n) is 4.41. The van der Waals surface area contributed by atoms with Gasteiger partial charge in [0.15, 0.2) is 0 Å². The molecule has 0 spiro atoms. The van der Waals surface area contributed by atoms with E-state index in [1.165, 1.54) is 10.4 Å². The van der Waals surface area contributed by atoms with Gasteiger partial charge in [0.2, 0.25) is 15.9 Å². The molecule has 0 radical (unpaired) electrons. The number of anilines is 2. The van der Waals surface area contributed by atoms with Gasteiger partial charge in [-0.25, -0.2) is 8.42 Å². The lowest BCUT2D eigenvalue weighted by Crippen LogP contribution is -2.31. The van der Waals surface area contributed by atoms with E-state index in [-0.39, 0.29) is 17.3 Å². The second-order valence-corrected chi connectivity index (χ2v) is 8.34. The molecule has 2 aromatic rings. The average molecular weight is 420 g/mol. The maximum atomic E-state index is 12.8. The molecule has 0 heterocycles. The van der Waals surface area contributed by atoms with Gasteiger partial charge >= 0.3 is 0 Å². The van der Waals surface area contributed by atoms with Gasteiger partial charge in [0, 0.05) is 24.5 Å². The molecule has 0 aromatic heterocycles. The zero-order chi connectivity index (χ0) is 21.4. The van der Waals surface area contributed by atoms with Gasteiger partial charge in [-0.05, 0) is 55.8 Å². The van der Waals surface area contributed by atoms with Crippen LogP contribution in [-0.2, 0) is 14.8 Å². The fourth-order valence-corrected chi connectivity index (χ4v) is 4.59. The third kappa shape index (κ3) is 5.95. The van der Waals surface area contributed by atoms with E-state index in [0.717, 1.165) is 11.4 Å². The quantitative estimate of drug-likeness (QED) is 0.616. The van der Waals surface area contributed by atoms with Crippen LogP contribution in [0, 0.1) is 6.92 Å². The standard InChI is InChI=1S/C21H29N3O4S/c1-5-24(6-2)29(26,27)20-14-18(9-8-16(20)4)23-21(25)15-22-17-10-12-19(13-11-17)28-7-3/h8-14,22H,5-7,15H2,1-4H3,(H,23,25). The monoisotopic (exact) mass is 419 g/mol. The molecule has 0 bridgehead atoms. The fourth-order valence-electron chi connectivity index (χ4n) is 2.88. The van der Waals surface area contributed by atoms with Gasteiger partial charge in [-0.15, -0.1) is 0 Å². The highest BCUT2D eigenvalue weighted by Gasteiger charge is 2.24. The first-order valence-electron chi connectivity index (χ1n) is 9.69. The summed E-state index contributed by atoms with van der Waals surface area (Å²) in [6.45, 7) is 8.69. The van der Waals surface area contributed by atoms with Crippen LogP contribution in [0.25, 0.3) is 0 Å². The molecule has 0 aliphatic rings. The topological polar surface area (TPSA) is 87.7 Å². The molecule has 0 unspecified atom stereocenters. The normalized spacial score (nSPS) is 11.3. The largest absolute Gasteiger partial charge is 0.494 e. The number of hydrogen-bond donors (Lipinski definition) is 2. The first kappa shape index (κ1) is 22.7. The van der Waals surface area contributed by atoms with Gasteiger partial charge in [-0.1, -0.05) is 19.9 Å². The van der Waals surface area contributed by atoms with Gasteiger partial charge in [0.1, 0.15) is 5.75 Å². The van der Waals surface area contributed by atoms with Crippen LogP contribution in [0.5, 0.6) is 5.75 Å². The first-order chi connectivity index (χ1) is 13.8. The van der Waals surface area contributed by atoms with E-state index in [2.05, 4.69) is 10.6 Å². The number of nitrogens with one attached hydrogen (secondary N) is 2. The lowest BCUT2D eigenvalue weighted by atomic mass is 10.2. The molecule has 7 nitrogen and oxygen atoms in total. The van der Waals surface area contributed by atoms with Crippen molar-refractivity contribution in [1.82, 2.24) is 4.31 Å². The molecule has 2 rings (SSSR count). The highest BCUT2D eigenvalue weighted by atomic mass is 32.2. The predicted octanol–water partition coefficient (Wildman–Crippen LogP) is 3.47. The zero-order valence-electron chi connectivity index (χ0n) is 17.4. The molecule has 0 saturated carbocycles. The van der Waals surface area contributed by atoms with Crippen molar-refractivity contribution in [3.63, 3.8) is 0 Å². The van der Waals surface area contributed by atoms with Crippen LogP contribution in [0.2, 0.25) is 0 Å². The number of aryl methyl sites for hydroxylation is 1. The number of carbonyl (C=O) groups is 1. The van der Waals surface area contributed by atoms with Crippen molar-refractivity contribution in [1.29, 1.82) is 0 Å². The summed E-state index contributed by atoms with van der Waals surface area (Å²) in [6, 6.07) is 12.2. The van der Waals surface area contributed by atoms with Crippen molar-refractivity contribution in [2.45, 2.75) is 32.6 Å². The van der Waals surface area contributed by atoms with Crippen molar-refractivity contribution >= 4 is 27.3 Å². The smallest absolute Gasteiger partial charge is 0.243 e. The summed E-state index contributed by atoms with van der Waals surface area (Å²) < 4.78 is 32.4. The summed E-state index contributed by atoms with van der Waals surface area (Å²) in [4.78, 5) is 12.5. The number of hydrogen-bond acceptors (Lipinski definition) is 5. The lowest BCUT2D eigenvalue weighted by Gasteiger charge is -2.20. The molecular formula is C21H29N3O4S. The maximum Gasteiger partial charge on any atom is 0.243 e. The third-order valence-corrected chi connectivity index (χ3v) is 6.61. The Morgan fingerprint density at radius 2 is 1.62 bits per heavy atom. The van der Waals surface area contributed by atoms with Crippen molar-refractivity contribution in [2.24, 2.45) is 0 Å². The molecule has 0 atom stereocenters. The van der Waals surface area contributed by atoms with E-state index in [4.69, 9.17) is 4.74 Å². The minimum atomic E-state index is -3.60. The minimum absolute atomic E-state index is 0.0555. The van der Waals surface area contributed by atoms with Crippen LogP contribution >= 0.6 is 0 Å². The number of sulfonamides is 1. The van der Waals surface area contributed by atoms with E-state index in [0.29, 0.717) is 30.9 Å². The first-order valence-corrected chi connectivity index (χ1v) is 11.1.